The first kappa shape index (κ1) is 17.4. The lowest BCUT2D eigenvalue weighted by Crippen LogP contribution is -2.07. The maximum Gasteiger partial charge on any atom is 0.250 e. The highest BCUT2D eigenvalue weighted by Crippen LogP contribution is 2.29. The average Bonchev–Trinajstić information content (AvgIpc) is 3.00. The number of thiazole rings is 1. The summed E-state index contributed by atoms with van der Waals surface area (Å²) in [6.45, 7) is 0. The van der Waals surface area contributed by atoms with Crippen LogP contribution in [0.3, 0.4) is 0 Å². The smallest absolute Gasteiger partial charge is 0.250 e. The molecule has 0 aliphatic rings. The zero-order valence-corrected chi connectivity index (χ0v) is 16.0. The van der Waals surface area contributed by atoms with Crippen LogP contribution in [0.15, 0.2) is 46.9 Å². The van der Waals surface area contributed by atoms with Crippen LogP contribution in [-0.2, 0) is 4.79 Å². The van der Waals surface area contributed by atoms with E-state index in [1.54, 1.807) is 32.4 Å². The minimum Gasteiger partial charge on any atom is -0.493 e. The number of benzene rings is 2. The highest BCUT2D eigenvalue weighted by Gasteiger charge is 2.07. The van der Waals surface area contributed by atoms with Crippen LogP contribution in [-0.4, -0.2) is 25.1 Å². The summed E-state index contributed by atoms with van der Waals surface area (Å²) in [4.78, 5) is 16.5. The molecule has 1 heterocycles. The summed E-state index contributed by atoms with van der Waals surface area (Å²) in [5.74, 6) is 1.01. The molecule has 0 saturated carbocycles. The van der Waals surface area contributed by atoms with E-state index in [4.69, 9.17) is 9.47 Å². The van der Waals surface area contributed by atoms with Gasteiger partial charge in [0.1, 0.15) is 0 Å². The van der Waals surface area contributed by atoms with Gasteiger partial charge in [-0.05, 0) is 42.0 Å². The van der Waals surface area contributed by atoms with E-state index in [0.717, 1.165) is 20.3 Å². The quantitative estimate of drug-likeness (QED) is 0.608. The number of hydrogen-bond acceptors (Lipinski definition) is 5. The number of carbonyl (C=O) groups is 1. The third kappa shape index (κ3) is 4.18. The molecular weight excluding hydrogens is 404 g/mol. The topological polar surface area (TPSA) is 60.5 Å². The number of halogens is 1. The molecule has 0 spiro atoms. The second-order valence-electron chi connectivity index (χ2n) is 5.07. The molecule has 3 rings (SSSR count). The number of nitrogens with zero attached hydrogens (tertiary/aromatic N) is 1. The van der Waals surface area contributed by atoms with Crippen LogP contribution < -0.4 is 14.8 Å². The molecule has 0 fully saturated rings. The zero-order valence-electron chi connectivity index (χ0n) is 13.6. The molecule has 0 saturated heterocycles. The number of anilines is 1. The van der Waals surface area contributed by atoms with E-state index in [9.17, 15) is 4.79 Å². The lowest BCUT2D eigenvalue weighted by molar-refractivity contribution is -0.111. The largest absolute Gasteiger partial charge is 0.493 e. The van der Waals surface area contributed by atoms with Crippen molar-refractivity contribution in [2.75, 3.05) is 19.5 Å². The van der Waals surface area contributed by atoms with E-state index >= 15 is 0 Å². The molecule has 2 aromatic carbocycles. The fourth-order valence-corrected chi connectivity index (χ4v) is 3.65. The van der Waals surface area contributed by atoms with Gasteiger partial charge < -0.3 is 9.47 Å². The lowest BCUT2D eigenvalue weighted by Gasteiger charge is -2.07. The van der Waals surface area contributed by atoms with E-state index in [1.807, 2.05) is 24.3 Å². The van der Waals surface area contributed by atoms with Gasteiger partial charge in [-0.25, -0.2) is 4.98 Å². The monoisotopic (exact) mass is 418 g/mol. The van der Waals surface area contributed by atoms with Crippen molar-refractivity contribution in [2.45, 2.75) is 0 Å². The molecule has 128 valence electrons. The molecule has 0 unspecified atom stereocenters. The maximum atomic E-state index is 12.1. The van der Waals surface area contributed by atoms with Crippen LogP contribution in [0.4, 0.5) is 5.13 Å². The van der Waals surface area contributed by atoms with Crippen molar-refractivity contribution in [1.29, 1.82) is 0 Å². The Kier molecular flexibility index (Phi) is 5.35. The minimum absolute atomic E-state index is 0.243. The van der Waals surface area contributed by atoms with Gasteiger partial charge in [0.2, 0.25) is 5.91 Å². The van der Waals surface area contributed by atoms with Gasteiger partial charge in [0.05, 0.1) is 24.4 Å². The molecule has 1 aromatic heterocycles. The van der Waals surface area contributed by atoms with E-state index in [0.29, 0.717) is 16.6 Å². The Hall–Kier alpha value is -2.38. The fraction of sp³-hybridized carbons (Fsp3) is 0.111. The van der Waals surface area contributed by atoms with Gasteiger partial charge in [0, 0.05) is 10.5 Å². The number of aromatic nitrogens is 1. The zero-order chi connectivity index (χ0) is 17.8. The number of nitrogens with one attached hydrogen (secondary N) is 1. The standard InChI is InChI=1S/C18H15BrN2O3S/c1-23-14-7-3-11(9-15(14)24-2)4-8-17(22)21-18-20-13-6-5-12(19)10-16(13)25-18/h3-10H,1-2H3,(H,20,21,22)/b8-4+. The van der Waals surface area contributed by atoms with Crippen molar-refractivity contribution in [1.82, 2.24) is 4.98 Å². The first-order valence-electron chi connectivity index (χ1n) is 7.36. The number of methoxy groups -OCH3 is 2. The van der Waals surface area contributed by atoms with Crippen LogP contribution in [0.2, 0.25) is 0 Å². The molecule has 1 N–H and O–H groups in total. The molecule has 25 heavy (non-hydrogen) atoms. The molecule has 3 aromatic rings. The van der Waals surface area contributed by atoms with Gasteiger partial charge in [-0.15, -0.1) is 0 Å². The minimum atomic E-state index is -0.243. The van der Waals surface area contributed by atoms with Crippen molar-refractivity contribution < 1.29 is 14.3 Å². The van der Waals surface area contributed by atoms with Gasteiger partial charge in [0.25, 0.3) is 0 Å². The number of carbonyl (C=O) groups excluding carboxylic acids is 1. The van der Waals surface area contributed by atoms with Crippen LogP contribution in [0.25, 0.3) is 16.3 Å². The Morgan fingerprint density at radius 1 is 1.16 bits per heavy atom. The molecule has 0 aliphatic heterocycles. The molecule has 0 atom stereocenters. The van der Waals surface area contributed by atoms with Gasteiger partial charge in [0.15, 0.2) is 16.6 Å². The van der Waals surface area contributed by atoms with Crippen molar-refractivity contribution in [3.05, 3.63) is 52.5 Å². The van der Waals surface area contributed by atoms with Gasteiger partial charge >= 0.3 is 0 Å². The highest BCUT2D eigenvalue weighted by molar-refractivity contribution is 9.10. The number of hydrogen-bond donors (Lipinski definition) is 1. The predicted octanol–water partition coefficient (Wildman–Crippen LogP) is 4.73. The van der Waals surface area contributed by atoms with E-state index in [-0.39, 0.29) is 5.91 Å². The molecule has 0 aliphatic carbocycles. The SMILES string of the molecule is COc1ccc(/C=C/C(=O)Nc2nc3ccc(Br)cc3s2)cc1OC. The number of amides is 1. The van der Waals surface area contributed by atoms with Crippen molar-refractivity contribution in [3.63, 3.8) is 0 Å². The normalized spacial score (nSPS) is 11.0. The summed E-state index contributed by atoms with van der Waals surface area (Å²) in [5, 5.41) is 3.35. The molecule has 7 heteroatoms. The van der Waals surface area contributed by atoms with E-state index in [2.05, 4.69) is 26.2 Å². The molecule has 1 amide bonds. The van der Waals surface area contributed by atoms with Crippen molar-refractivity contribution in [2.24, 2.45) is 0 Å². The fourth-order valence-electron chi connectivity index (χ4n) is 2.23. The third-order valence-corrected chi connectivity index (χ3v) is 4.84. The van der Waals surface area contributed by atoms with Gasteiger partial charge in [-0.1, -0.05) is 33.3 Å². The van der Waals surface area contributed by atoms with Crippen LogP contribution in [0.1, 0.15) is 5.56 Å². The van der Waals surface area contributed by atoms with Gasteiger partial charge in [-0.2, -0.15) is 0 Å². The number of fused-ring (bicyclic) bond motifs is 1. The summed E-state index contributed by atoms with van der Waals surface area (Å²) >= 11 is 4.86. The molecule has 0 radical (unpaired) electrons. The Morgan fingerprint density at radius 3 is 2.72 bits per heavy atom. The first-order valence-corrected chi connectivity index (χ1v) is 8.97. The molecule has 5 nitrogen and oxygen atoms in total. The summed E-state index contributed by atoms with van der Waals surface area (Å²) in [6.07, 6.45) is 3.17. The lowest BCUT2D eigenvalue weighted by atomic mass is 10.2. The predicted molar refractivity (Wildman–Crippen MR) is 105 cm³/mol. The Labute approximate surface area is 157 Å². The van der Waals surface area contributed by atoms with Crippen LogP contribution in [0, 0.1) is 0 Å². The molecular formula is C18H15BrN2O3S. The maximum absolute atomic E-state index is 12.1. The summed E-state index contributed by atoms with van der Waals surface area (Å²) in [5.41, 5.74) is 1.69. The summed E-state index contributed by atoms with van der Waals surface area (Å²) in [6, 6.07) is 11.2. The Balaban J connectivity index is 1.71. The average molecular weight is 419 g/mol. The summed E-state index contributed by atoms with van der Waals surface area (Å²) < 4.78 is 12.4. The van der Waals surface area contributed by atoms with Crippen molar-refractivity contribution in [3.8, 4) is 11.5 Å². The van der Waals surface area contributed by atoms with E-state index < -0.39 is 0 Å². The highest BCUT2D eigenvalue weighted by atomic mass is 79.9. The second kappa shape index (κ2) is 7.67. The van der Waals surface area contributed by atoms with E-state index in [1.165, 1.54) is 17.4 Å². The Bertz CT molecular complexity index is 953. The van der Waals surface area contributed by atoms with Crippen LogP contribution in [0.5, 0.6) is 11.5 Å². The van der Waals surface area contributed by atoms with Crippen molar-refractivity contribution >= 4 is 54.6 Å². The Morgan fingerprint density at radius 2 is 1.96 bits per heavy atom. The molecule has 0 bridgehead atoms. The summed E-state index contributed by atoms with van der Waals surface area (Å²) in [7, 11) is 3.15. The van der Waals surface area contributed by atoms with Crippen LogP contribution >= 0.6 is 27.3 Å². The number of ether oxygens (including phenoxy) is 2. The first-order chi connectivity index (χ1) is 12.1. The second-order valence-corrected chi connectivity index (χ2v) is 7.01. The third-order valence-electron chi connectivity index (χ3n) is 3.42. The van der Waals surface area contributed by atoms with Gasteiger partial charge in [-0.3, -0.25) is 10.1 Å². The number of rotatable bonds is 5.